The first-order chi connectivity index (χ1) is 12.5. The zero-order valence-corrected chi connectivity index (χ0v) is 15.3. The second-order valence-corrected chi connectivity index (χ2v) is 6.43. The van der Waals surface area contributed by atoms with E-state index in [1.165, 1.54) is 11.1 Å². The molecule has 26 heavy (non-hydrogen) atoms. The fourth-order valence-electron chi connectivity index (χ4n) is 2.50. The topological polar surface area (TPSA) is 66.9 Å². The molecule has 6 heteroatoms. The molecule has 0 radical (unpaired) electrons. The van der Waals surface area contributed by atoms with Gasteiger partial charge in [0, 0.05) is 17.3 Å². The summed E-state index contributed by atoms with van der Waals surface area (Å²) in [5.74, 6) is 0.306. The van der Waals surface area contributed by atoms with Crippen molar-refractivity contribution in [2.24, 2.45) is 0 Å². The van der Waals surface area contributed by atoms with Gasteiger partial charge < -0.3 is 10.6 Å². The predicted molar refractivity (Wildman–Crippen MR) is 105 cm³/mol. The van der Waals surface area contributed by atoms with Gasteiger partial charge in [-0.15, -0.1) is 10.2 Å². The fraction of sp³-hybridized carbons (Fsp3) is 0.150. The van der Waals surface area contributed by atoms with E-state index in [0.717, 1.165) is 5.56 Å². The minimum atomic E-state index is -0.312. The van der Waals surface area contributed by atoms with E-state index in [1.54, 1.807) is 30.3 Å². The molecule has 5 nitrogen and oxygen atoms in total. The molecule has 1 heterocycles. The van der Waals surface area contributed by atoms with Gasteiger partial charge >= 0.3 is 0 Å². The van der Waals surface area contributed by atoms with E-state index in [4.69, 9.17) is 11.6 Å². The lowest BCUT2D eigenvalue weighted by Crippen LogP contribution is -2.15. The molecule has 0 unspecified atom stereocenters. The highest BCUT2D eigenvalue weighted by atomic mass is 35.5. The van der Waals surface area contributed by atoms with E-state index in [1.807, 2.05) is 19.1 Å². The predicted octanol–water partition coefficient (Wildman–Crippen LogP) is 4.61. The number of anilines is 2. The van der Waals surface area contributed by atoms with Gasteiger partial charge in [-0.1, -0.05) is 35.9 Å². The van der Waals surface area contributed by atoms with Crippen LogP contribution >= 0.6 is 11.6 Å². The Morgan fingerprint density at radius 1 is 1.00 bits per heavy atom. The zero-order valence-electron chi connectivity index (χ0n) is 14.6. The monoisotopic (exact) mass is 366 g/mol. The number of aryl methyl sites for hydroxylation is 2. The van der Waals surface area contributed by atoms with Crippen LogP contribution < -0.4 is 10.6 Å². The van der Waals surface area contributed by atoms with Gasteiger partial charge in [0.25, 0.3) is 5.91 Å². The van der Waals surface area contributed by atoms with Crippen LogP contribution in [-0.4, -0.2) is 16.1 Å². The molecule has 0 aliphatic heterocycles. The van der Waals surface area contributed by atoms with E-state index < -0.39 is 0 Å². The Morgan fingerprint density at radius 2 is 1.81 bits per heavy atom. The van der Waals surface area contributed by atoms with Crippen LogP contribution in [0.1, 0.15) is 27.2 Å². The van der Waals surface area contributed by atoms with Crippen LogP contribution in [0.5, 0.6) is 0 Å². The molecular formula is C20H19ClN4O. The van der Waals surface area contributed by atoms with E-state index in [0.29, 0.717) is 23.1 Å². The Morgan fingerprint density at radius 3 is 2.50 bits per heavy atom. The minimum Gasteiger partial charge on any atom is -0.364 e. The van der Waals surface area contributed by atoms with Crippen molar-refractivity contribution in [1.29, 1.82) is 0 Å². The largest absolute Gasteiger partial charge is 0.364 e. The lowest BCUT2D eigenvalue weighted by atomic mass is 10.1. The minimum absolute atomic E-state index is 0.251. The first-order valence-corrected chi connectivity index (χ1v) is 8.60. The molecule has 0 fully saturated rings. The van der Waals surface area contributed by atoms with Crippen LogP contribution in [0.2, 0.25) is 5.02 Å². The van der Waals surface area contributed by atoms with Crippen molar-refractivity contribution in [2.45, 2.75) is 20.4 Å². The number of carbonyl (C=O) groups is 1. The summed E-state index contributed by atoms with van der Waals surface area (Å²) in [5.41, 5.74) is 4.23. The highest BCUT2D eigenvalue weighted by Crippen LogP contribution is 2.20. The van der Waals surface area contributed by atoms with Gasteiger partial charge in [0.05, 0.1) is 0 Å². The van der Waals surface area contributed by atoms with Gasteiger partial charge in [0.1, 0.15) is 5.82 Å². The second-order valence-electron chi connectivity index (χ2n) is 6.00. The first-order valence-electron chi connectivity index (χ1n) is 8.22. The molecule has 0 saturated carbocycles. The zero-order chi connectivity index (χ0) is 18.5. The molecule has 0 aliphatic rings. The van der Waals surface area contributed by atoms with Crippen LogP contribution in [0.25, 0.3) is 0 Å². The van der Waals surface area contributed by atoms with E-state index in [9.17, 15) is 4.79 Å². The third kappa shape index (κ3) is 4.37. The van der Waals surface area contributed by atoms with Crippen molar-refractivity contribution in [2.75, 3.05) is 10.6 Å². The summed E-state index contributed by atoms with van der Waals surface area (Å²) < 4.78 is 0. The van der Waals surface area contributed by atoms with Crippen molar-refractivity contribution in [3.8, 4) is 0 Å². The van der Waals surface area contributed by atoms with Crippen molar-refractivity contribution in [3.05, 3.63) is 82.0 Å². The Kier molecular flexibility index (Phi) is 5.49. The van der Waals surface area contributed by atoms with Gasteiger partial charge in [0.15, 0.2) is 5.69 Å². The quantitative estimate of drug-likeness (QED) is 0.691. The fourth-order valence-corrected chi connectivity index (χ4v) is 2.72. The molecule has 2 N–H and O–H groups in total. The van der Waals surface area contributed by atoms with Crippen LogP contribution in [0.4, 0.5) is 11.5 Å². The Labute approximate surface area is 157 Å². The highest BCUT2D eigenvalue weighted by Gasteiger charge is 2.10. The van der Waals surface area contributed by atoms with Crippen LogP contribution in [0.15, 0.2) is 54.6 Å². The molecule has 0 saturated heterocycles. The van der Waals surface area contributed by atoms with Crippen molar-refractivity contribution >= 4 is 29.0 Å². The molecule has 2 aromatic carbocycles. The number of aromatic nitrogens is 2. The summed E-state index contributed by atoms with van der Waals surface area (Å²) in [7, 11) is 0. The second kappa shape index (κ2) is 7.97. The van der Waals surface area contributed by atoms with Crippen LogP contribution in [-0.2, 0) is 6.54 Å². The van der Waals surface area contributed by atoms with Crippen molar-refractivity contribution < 1.29 is 4.79 Å². The van der Waals surface area contributed by atoms with Crippen molar-refractivity contribution in [1.82, 2.24) is 10.2 Å². The summed E-state index contributed by atoms with van der Waals surface area (Å²) in [5, 5.41) is 14.7. The average molecular weight is 367 g/mol. The van der Waals surface area contributed by atoms with Gasteiger partial charge in [-0.05, 0) is 60.9 Å². The molecule has 0 spiro atoms. The van der Waals surface area contributed by atoms with Crippen LogP contribution in [0.3, 0.4) is 0 Å². The number of nitrogens with zero attached hydrogens (tertiary/aromatic N) is 2. The summed E-state index contributed by atoms with van der Waals surface area (Å²) in [6, 6.07) is 16.8. The molecule has 132 valence electrons. The summed E-state index contributed by atoms with van der Waals surface area (Å²) >= 11 is 5.93. The smallest absolute Gasteiger partial charge is 0.276 e. The maximum absolute atomic E-state index is 12.3. The maximum atomic E-state index is 12.3. The number of nitrogens with one attached hydrogen (secondary N) is 2. The van der Waals surface area contributed by atoms with E-state index >= 15 is 0 Å². The van der Waals surface area contributed by atoms with Gasteiger partial charge in [-0.2, -0.15) is 0 Å². The SMILES string of the molecule is Cc1ccccc1CNc1ccc(C(=O)Nc2ccc(Cl)cc2C)nn1. The summed E-state index contributed by atoms with van der Waals surface area (Å²) in [4.78, 5) is 12.3. The first kappa shape index (κ1) is 17.9. The lowest BCUT2D eigenvalue weighted by molar-refractivity contribution is 0.102. The molecule has 0 atom stereocenters. The number of amides is 1. The number of halogens is 1. The number of carbonyl (C=O) groups excluding carboxylic acids is 1. The Bertz CT molecular complexity index is 925. The lowest BCUT2D eigenvalue weighted by Gasteiger charge is -2.09. The number of hydrogen-bond acceptors (Lipinski definition) is 4. The molecule has 3 aromatic rings. The van der Waals surface area contributed by atoms with Crippen molar-refractivity contribution in [3.63, 3.8) is 0 Å². The average Bonchev–Trinajstić information content (AvgIpc) is 2.64. The molecule has 1 aromatic heterocycles. The molecule has 1 amide bonds. The third-order valence-electron chi connectivity index (χ3n) is 4.06. The standard InChI is InChI=1S/C20H19ClN4O/c1-13-5-3-4-6-15(13)12-22-19-10-9-18(24-25-19)20(26)23-17-8-7-16(21)11-14(17)2/h3-11H,12H2,1-2H3,(H,22,25)(H,23,26). The Balaban J connectivity index is 1.63. The van der Waals surface area contributed by atoms with Gasteiger partial charge in [0.2, 0.25) is 0 Å². The number of hydrogen-bond donors (Lipinski definition) is 2. The highest BCUT2D eigenvalue weighted by molar-refractivity contribution is 6.30. The Hall–Kier alpha value is -2.92. The van der Waals surface area contributed by atoms with Crippen LogP contribution in [0, 0.1) is 13.8 Å². The van der Waals surface area contributed by atoms with Gasteiger partial charge in [-0.25, -0.2) is 0 Å². The normalized spacial score (nSPS) is 10.4. The number of rotatable bonds is 5. The summed E-state index contributed by atoms with van der Waals surface area (Å²) in [6.45, 7) is 4.59. The van der Waals surface area contributed by atoms with E-state index in [2.05, 4.69) is 39.9 Å². The maximum Gasteiger partial charge on any atom is 0.276 e. The van der Waals surface area contributed by atoms with Gasteiger partial charge in [-0.3, -0.25) is 4.79 Å². The third-order valence-corrected chi connectivity index (χ3v) is 4.29. The molecule has 0 bridgehead atoms. The molecular weight excluding hydrogens is 348 g/mol. The number of benzene rings is 2. The van der Waals surface area contributed by atoms with E-state index in [-0.39, 0.29) is 11.6 Å². The molecule has 3 rings (SSSR count). The summed E-state index contributed by atoms with van der Waals surface area (Å²) in [6.07, 6.45) is 0. The molecule has 0 aliphatic carbocycles.